The van der Waals surface area contributed by atoms with E-state index in [1.54, 1.807) is 6.92 Å². The van der Waals surface area contributed by atoms with Crippen LogP contribution in [0.2, 0.25) is 0 Å². The zero-order chi connectivity index (χ0) is 14.4. The summed E-state index contributed by atoms with van der Waals surface area (Å²) in [6.07, 6.45) is -0.664. The highest BCUT2D eigenvalue weighted by Crippen LogP contribution is 2.17. The topological polar surface area (TPSA) is 119 Å². The lowest BCUT2D eigenvalue weighted by atomic mass is 10.2. The lowest BCUT2D eigenvalue weighted by Gasteiger charge is -2.21. The Balaban J connectivity index is 2.40. The van der Waals surface area contributed by atoms with Crippen LogP contribution in [0.15, 0.2) is 0 Å². The molecule has 1 fully saturated rings. The van der Waals surface area contributed by atoms with Crippen LogP contribution in [0.4, 0.5) is 4.79 Å². The quantitative estimate of drug-likeness (QED) is 0.498. The molecule has 0 aromatic rings. The van der Waals surface area contributed by atoms with Gasteiger partial charge in [-0.2, -0.15) is 0 Å². The zero-order valence-electron chi connectivity index (χ0n) is 10.8. The van der Waals surface area contributed by atoms with Crippen LogP contribution < -0.4 is 10.6 Å². The summed E-state index contributed by atoms with van der Waals surface area (Å²) >= 11 is 0. The molecule has 8 nitrogen and oxygen atoms in total. The molecule has 0 spiro atoms. The molecule has 0 aromatic carbocycles. The fourth-order valence-electron chi connectivity index (χ4n) is 1.94. The first kappa shape index (κ1) is 15.2. The van der Waals surface area contributed by atoms with Gasteiger partial charge in [-0.15, -0.1) is 0 Å². The predicted octanol–water partition coefficient (Wildman–Crippen LogP) is -1.26. The Kier molecular flexibility index (Phi) is 5.56. The van der Waals surface area contributed by atoms with Crippen molar-refractivity contribution in [2.24, 2.45) is 0 Å². The number of carbonyl (C=O) groups is 3. The molecule has 1 saturated heterocycles. The molecule has 0 radical (unpaired) electrons. The zero-order valence-corrected chi connectivity index (χ0v) is 10.8. The Bertz CT molecular complexity index is 360. The predicted molar refractivity (Wildman–Crippen MR) is 65.5 cm³/mol. The number of rotatable bonds is 5. The standard InChI is InChI=1S/C11H19N3O5/c1-2-12-9(16)3-4-13-11(19)14-6-7(15)5-8(14)10(17)18/h7-8,15H,2-6H2,1H3,(H,12,16)(H,13,19)(H,17,18). The third-order valence-corrected chi connectivity index (χ3v) is 2.83. The monoisotopic (exact) mass is 273 g/mol. The van der Waals surface area contributed by atoms with Gasteiger partial charge in [0.2, 0.25) is 5.91 Å². The molecule has 1 rings (SSSR count). The summed E-state index contributed by atoms with van der Waals surface area (Å²) in [5, 5.41) is 23.4. The Hall–Kier alpha value is -1.83. The number of nitrogens with zero attached hydrogens (tertiary/aromatic N) is 1. The van der Waals surface area contributed by atoms with Crippen molar-refractivity contribution in [1.82, 2.24) is 15.5 Å². The largest absolute Gasteiger partial charge is 0.480 e. The Morgan fingerprint density at radius 3 is 2.58 bits per heavy atom. The number of hydrogen-bond acceptors (Lipinski definition) is 4. The molecule has 0 aliphatic carbocycles. The van der Waals surface area contributed by atoms with Crippen molar-refractivity contribution >= 4 is 17.9 Å². The average molecular weight is 273 g/mol. The number of amides is 3. The summed E-state index contributed by atoms with van der Waals surface area (Å²) in [6, 6.07) is -1.59. The van der Waals surface area contributed by atoms with Gasteiger partial charge in [-0.05, 0) is 6.92 Å². The van der Waals surface area contributed by atoms with Crippen molar-refractivity contribution in [1.29, 1.82) is 0 Å². The summed E-state index contributed by atoms with van der Waals surface area (Å²) in [5.74, 6) is -1.32. The van der Waals surface area contributed by atoms with Gasteiger partial charge in [-0.1, -0.05) is 0 Å². The normalized spacial score (nSPS) is 22.1. The summed E-state index contributed by atoms with van der Waals surface area (Å²) in [4.78, 5) is 34.9. The number of hydrogen-bond donors (Lipinski definition) is 4. The van der Waals surface area contributed by atoms with E-state index < -0.39 is 24.1 Å². The molecule has 1 aliphatic rings. The molecule has 1 aliphatic heterocycles. The SMILES string of the molecule is CCNC(=O)CCNC(=O)N1CC(O)CC1C(=O)O. The first-order valence-electron chi connectivity index (χ1n) is 6.17. The van der Waals surface area contributed by atoms with E-state index in [1.807, 2.05) is 0 Å². The van der Waals surface area contributed by atoms with Crippen molar-refractivity contribution in [3.8, 4) is 0 Å². The summed E-state index contributed by atoms with van der Waals surface area (Å²) in [5.41, 5.74) is 0. The summed E-state index contributed by atoms with van der Waals surface area (Å²) in [7, 11) is 0. The number of likely N-dealkylation sites (tertiary alicyclic amines) is 1. The van der Waals surface area contributed by atoms with Crippen LogP contribution in [0.3, 0.4) is 0 Å². The van der Waals surface area contributed by atoms with Crippen molar-refractivity contribution in [2.75, 3.05) is 19.6 Å². The van der Waals surface area contributed by atoms with E-state index in [0.717, 1.165) is 4.90 Å². The first-order valence-corrected chi connectivity index (χ1v) is 6.17. The molecule has 108 valence electrons. The smallest absolute Gasteiger partial charge is 0.326 e. The van der Waals surface area contributed by atoms with Crippen molar-refractivity contribution in [3.63, 3.8) is 0 Å². The molecule has 0 aromatic heterocycles. The number of carboxylic acids is 1. The fraction of sp³-hybridized carbons (Fsp3) is 0.727. The Morgan fingerprint density at radius 2 is 2.00 bits per heavy atom. The van der Waals surface area contributed by atoms with Gasteiger partial charge >= 0.3 is 12.0 Å². The van der Waals surface area contributed by atoms with E-state index in [-0.39, 0.29) is 31.8 Å². The maximum atomic E-state index is 11.8. The molecule has 4 N–H and O–H groups in total. The van der Waals surface area contributed by atoms with Crippen LogP contribution in [0, 0.1) is 0 Å². The molecular formula is C11H19N3O5. The van der Waals surface area contributed by atoms with Gasteiger partial charge in [0.05, 0.1) is 6.10 Å². The third kappa shape index (κ3) is 4.40. The molecule has 1 heterocycles. The summed E-state index contributed by atoms with van der Waals surface area (Å²) < 4.78 is 0. The number of aliphatic hydroxyl groups excluding tert-OH is 1. The molecular weight excluding hydrogens is 254 g/mol. The van der Waals surface area contributed by atoms with E-state index in [1.165, 1.54) is 0 Å². The number of nitrogens with one attached hydrogen (secondary N) is 2. The molecule has 2 atom stereocenters. The maximum absolute atomic E-state index is 11.8. The van der Waals surface area contributed by atoms with Crippen LogP contribution in [0.1, 0.15) is 19.8 Å². The number of urea groups is 1. The van der Waals surface area contributed by atoms with Gasteiger partial charge in [-0.3, -0.25) is 4.79 Å². The van der Waals surface area contributed by atoms with Gasteiger partial charge in [-0.25, -0.2) is 9.59 Å². The minimum absolute atomic E-state index is 0.00996. The van der Waals surface area contributed by atoms with Gasteiger partial charge in [0.25, 0.3) is 0 Å². The number of carboxylic acid groups (broad SMARTS) is 1. The van der Waals surface area contributed by atoms with Crippen molar-refractivity contribution in [2.45, 2.75) is 31.9 Å². The molecule has 3 amide bonds. The van der Waals surface area contributed by atoms with Gasteiger partial charge < -0.3 is 25.7 Å². The number of carbonyl (C=O) groups excluding carboxylic acids is 2. The number of β-amino-alcohol motifs (C(OH)–C–C–N with tert-alkyl or cyclic N) is 1. The average Bonchev–Trinajstić information content (AvgIpc) is 2.72. The van der Waals surface area contributed by atoms with Crippen LogP contribution in [-0.2, 0) is 9.59 Å². The van der Waals surface area contributed by atoms with Crippen LogP contribution in [0.25, 0.3) is 0 Å². The highest BCUT2D eigenvalue weighted by atomic mass is 16.4. The van der Waals surface area contributed by atoms with Gasteiger partial charge in [0.1, 0.15) is 6.04 Å². The van der Waals surface area contributed by atoms with E-state index in [9.17, 15) is 19.5 Å². The molecule has 19 heavy (non-hydrogen) atoms. The van der Waals surface area contributed by atoms with E-state index in [4.69, 9.17) is 5.11 Å². The molecule has 0 bridgehead atoms. The Morgan fingerprint density at radius 1 is 1.32 bits per heavy atom. The molecule has 8 heteroatoms. The van der Waals surface area contributed by atoms with Crippen LogP contribution >= 0.6 is 0 Å². The minimum atomic E-state index is -1.14. The lowest BCUT2D eigenvalue weighted by molar-refractivity contribution is -0.141. The van der Waals surface area contributed by atoms with Crippen molar-refractivity contribution in [3.05, 3.63) is 0 Å². The second-order valence-electron chi connectivity index (χ2n) is 4.33. The molecule has 0 saturated carbocycles. The highest BCUT2D eigenvalue weighted by Gasteiger charge is 2.38. The highest BCUT2D eigenvalue weighted by molar-refractivity contribution is 5.84. The minimum Gasteiger partial charge on any atom is -0.480 e. The van der Waals surface area contributed by atoms with Gasteiger partial charge in [0.15, 0.2) is 0 Å². The maximum Gasteiger partial charge on any atom is 0.326 e. The van der Waals surface area contributed by atoms with Crippen molar-refractivity contribution < 1.29 is 24.6 Å². The second-order valence-corrected chi connectivity index (χ2v) is 4.33. The third-order valence-electron chi connectivity index (χ3n) is 2.83. The lowest BCUT2D eigenvalue weighted by Crippen LogP contribution is -2.46. The number of aliphatic carboxylic acids is 1. The van der Waals surface area contributed by atoms with Gasteiger partial charge in [0, 0.05) is 32.5 Å². The van der Waals surface area contributed by atoms with E-state index in [2.05, 4.69) is 10.6 Å². The van der Waals surface area contributed by atoms with E-state index >= 15 is 0 Å². The number of aliphatic hydroxyl groups is 1. The second kappa shape index (κ2) is 6.93. The van der Waals surface area contributed by atoms with Crippen LogP contribution in [0.5, 0.6) is 0 Å². The fourth-order valence-corrected chi connectivity index (χ4v) is 1.94. The first-order chi connectivity index (χ1) is 8.95. The molecule has 2 unspecified atom stereocenters. The Labute approximate surface area is 110 Å². The summed E-state index contributed by atoms with van der Waals surface area (Å²) in [6.45, 7) is 2.43. The van der Waals surface area contributed by atoms with Crippen LogP contribution in [-0.4, -0.2) is 64.8 Å². The van der Waals surface area contributed by atoms with E-state index in [0.29, 0.717) is 6.54 Å².